The summed E-state index contributed by atoms with van der Waals surface area (Å²) in [6, 6.07) is 15.7. The maximum absolute atomic E-state index is 12.8. The summed E-state index contributed by atoms with van der Waals surface area (Å²) < 4.78 is 13.0. The van der Waals surface area contributed by atoms with Gasteiger partial charge in [0.1, 0.15) is 18.1 Å². The van der Waals surface area contributed by atoms with Crippen molar-refractivity contribution in [3.8, 4) is 16.7 Å². The van der Waals surface area contributed by atoms with Gasteiger partial charge in [-0.2, -0.15) is 0 Å². The van der Waals surface area contributed by atoms with Gasteiger partial charge in [0, 0.05) is 32.2 Å². The van der Waals surface area contributed by atoms with Crippen LogP contribution in [-0.2, 0) is 4.79 Å². The molecule has 2 aromatic carbocycles. The van der Waals surface area contributed by atoms with E-state index >= 15 is 0 Å². The number of hydrogen-bond acceptors (Lipinski definition) is 7. The smallest absolute Gasteiger partial charge is 0.279 e. The predicted molar refractivity (Wildman–Crippen MR) is 137 cm³/mol. The fraction of sp³-hybridized carbons (Fsp3) is 0.481. The van der Waals surface area contributed by atoms with Crippen LogP contribution in [0.3, 0.4) is 0 Å². The second-order valence-corrected chi connectivity index (χ2v) is 10.4. The van der Waals surface area contributed by atoms with Gasteiger partial charge in [0.2, 0.25) is 5.91 Å². The number of carbonyl (C=O) groups excluding carboxylic acids is 1. The molecule has 186 valence electrons. The highest BCUT2D eigenvalue weighted by Crippen LogP contribution is 2.31. The average Bonchev–Trinajstić information content (AvgIpc) is 3.32. The first-order chi connectivity index (χ1) is 17.2. The SMILES string of the molecule is O=C(C1CCN(CCOc2ccc(Oc3nc4ccccc4s3)cc2)CC1)N1CCC(CO)CC1. The summed E-state index contributed by atoms with van der Waals surface area (Å²) in [4.78, 5) is 21.8. The number of benzene rings is 2. The van der Waals surface area contributed by atoms with Crippen molar-refractivity contribution in [3.63, 3.8) is 0 Å². The number of ether oxygens (including phenoxy) is 2. The minimum absolute atomic E-state index is 0.140. The number of aliphatic hydroxyl groups excluding tert-OH is 1. The molecule has 3 heterocycles. The van der Waals surface area contributed by atoms with Gasteiger partial charge in [-0.3, -0.25) is 9.69 Å². The molecule has 3 aromatic rings. The second-order valence-electron chi connectivity index (χ2n) is 9.44. The third-order valence-corrected chi connectivity index (χ3v) is 8.01. The van der Waals surface area contributed by atoms with E-state index in [2.05, 4.69) is 9.88 Å². The number of aromatic nitrogens is 1. The van der Waals surface area contributed by atoms with Crippen LogP contribution >= 0.6 is 11.3 Å². The van der Waals surface area contributed by atoms with Gasteiger partial charge < -0.3 is 19.5 Å². The van der Waals surface area contributed by atoms with Gasteiger partial charge in [0.25, 0.3) is 5.19 Å². The lowest BCUT2D eigenvalue weighted by Crippen LogP contribution is -2.46. The van der Waals surface area contributed by atoms with E-state index in [1.54, 1.807) is 0 Å². The summed E-state index contributed by atoms with van der Waals surface area (Å²) >= 11 is 1.53. The molecule has 35 heavy (non-hydrogen) atoms. The molecule has 0 atom stereocenters. The van der Waals surface area contributed by atoms with Gasteiger partial charge in [-0.1, -0.05) is 23.5 Å². The van der Waals surface area contributed by atoms with Crippen LogP contribution in [0.2, 0.25) is 0 Å². The zero-order valence-electron chi connectivity index (χ0n) is 20.0. The fourth-order valence-corrected chi connectivity index (χ4v) is 5.72. The van der Waals surface area contributed by atoms with Crippen LogP contribution < -0.4 is 9.47 Å². The normalized spacial score (nSPS) is 18.1. The number of piperidine rings is 2. The molecule has 0 aliphatic carbocycles. The Balaban J connectivity index is 1.02. The number of fused-ring (bicyclic) bond motifs is 1. The zero-order chi connectivity index (χ0) is 24.0. The molecule has 0 spiro atoms. The summed E-state index contributed by atoms with van der Waals surface area (Å²) in [5, 5.41) is 9.94. The first-order valence-corrected chi connectivity index (χ1v) is 13.4. The van der Waals surface area contributed by atoms with E-state index in [0.717, 1.165) is 80.1 Å². The Morgan fingerprint density at radius 2 is 1.69 bits per heavy atom. The Bertz CT molecular complexity index is 1070. The Kier molecular flexibility index (Phi) is 7.81. The number of hydrogen-bond donors (Lipinski definition) is 1. The van der Waals surface area contributed by atoms with E-state index < -0.39 is 0 Å². The molecule has 0 radical (unpaired) electrons. The van der Waals surface area contributed by atoms with Crippen LogP contribution in [0, 0.1) is 11.8 Å². The number of aliphatic hydroxyl groups is 1. The number of amides is 1. The number of likely N-dealkylation sites (tertiary alicyclic amines) is 2. The lowest BCUT2D eigenvalue weighted by atomic mass is 9.92. The topological polar surface area (TPSA) is 75.1 Å². The summed E-state index contributed by atoms with van der Waals surface area (Å²) in [5.74, 6) is 2.37. The first kappa shape index (κ1) is 24.0. The molecule has 7 nitrogen and oxygen atoms in total. The van der Waals surface area contributed by atoms with Crippen molar-refractivity contribution in [3.05, 3.63) is 48.5 Å². The Morgan fingerprint density at radius 1 is 0.971 bits per heavy atom. The molecular formula is C27H33N3O4S. The van der Waals surface area contributed by atoms with Crippen LogP contribution in [0.25, 0.3) is 10.2 Å². The third-order valence-electron chi connectivity index (χ3n) is 7.10. The third kappa shape index (κ3) is 6.12. The first-order valence-electron chi connectivity index (χ1n) is 12.6. The van der Waals surface area contributed by atoms with Crippen LogP contribution in [0.1, 0.15) is 25.7 Å². The van der Waals surface area contributed by atoms with Gasteiger partial charge >= 0.3 is 0 Å². The summed E-state index contributed by atoms with van der Waals surface area (Å²) in [7, 11) is 0. The van der Waals surface area contributed by atoms with Crippen molar-refractivity contribution in [1.82, 2.24) is 14.8 Å². The maximum Gasteiger partial charge on any atom is 0.279 e. The molecule has 5 rings (SSSR count). The van der Waals surface area contributed by atoms with E-state index in [0.29, 0.717) is 23.6 Å². The van der Waals surface area contributed by atoms with E-state index in [9.17, 15) is 9.90 Å². The average molecular weight is 496 g/mol. The van der Waals surface area contributed by atoms with Crippen molar-refractivity contribution in [2.24, 2.45) is 11.8 Å². The molecule has 1 aromatic heterocycles. The molecule has 2 aliphatic heterocycles. The zero-order valence-corrected chi connectivity index (χ0v) is 20.8. The molecular weight excluding hydrogens is 462 g/mol. The van der Waals surface area contributed by atoms with E-state index in [4.69, 9.17) is 9.47 Å². The van der Waals surface area contributed by atoms with Crippen molar-refractivity contribution in [1.29, 1.82) is 0 Å². The minimum Gasteiger partial charge on any atom is -0.492 e. The second kappa shape index (κ2) is 11.4. The van der Waals surface area contributed by atoms with Gasteiger partial charge in [0.15, 0.2) is 0 Å². The molecule has 2 fully saturated rings. The number of rotatable bonds is 8. The lowest BCUT2D eigenvalue weighted by Gasteiger charge is -2.37. The largest absolute Gasteiger partial charge is 0.492 e. The Hall–Kier alpha value is -2.68. The summed E-state index contributed by atoms with van der Waals surface area (Å²) in [6.07, 6.45) is 3.67. The number of nitrogens with zero attached hydrogens (tertiary/aromatic N) is 3. The van der Waals surface area contributed by atoms with E-state index in [-0.39, 0.29) is 12.5 Å². The Morgan fingerprint density at radius 3 is 2.40 bits per heavy atom. The molecule has 0 bridgehead atoms. The molecule has 1 amide bonds. The molecule has 0 unspecified atom stereocenters. The number of carbonyl (C=O) groups is 1. The fourth-order valence-electron chi connectivity index (χ4n) is 4.89. The molecule has 0 saturated carbocycles. The molecule has 2 aliphatic rings. The van der Waals surface area contributed by atoms with E-state index in [1.807, 2.05) is 53.4 Å². The summed E-state index contributed by atoms with van der Waals surface area (Å²) in [5.41, 5.74) is 0.948. The van der Waals surface area contributed by atoms with Crippen LogP contribution in [0.15, 0.2) is 48.5 Å². The summed E-state index contributed by atoms with van der Waals surface area (Å²) in [6.45, 7) is 5.16. The van der Waals surface area contributed by atoms with Crippen molar-refractivity contribution < 1.29 is 19.4 Å². The monoisotopic (exact) mass is 495 g/mol. The van der Waals surface area contributed by atoms with Crippen LogP contribution in [-0.4, -0.2) is 71.7 Å². The van der Waals surface area contributed by atoms with Crippen molar-refractivity contribution in [2.75, 3.05) is 45.9 Å². The number of para-hydroxylation sites is 1. The molecule has 8 heteroatoms. The minimum atomic E-state index is 0.140. The van der Waals surface area contributed by atoms with Crippen LogP contribution in [0.4, 0.5) is 0 Å². The van der Waals surface area contributed by atoms with Gasteiger partial charge in [-0.05, 0) is 81.1 Å². The predicted octanol–water partition coefficient (Wildman–Crippen LogP) is 4.41. The number of thiazole rings is 1. The maximum atomic E-state index is 12.8. The molecule has 2 saturated heterocycles. The Labute approximate surface area is 210 Å². The van der Waals surface area contributed by atoms with E-state index in [1.165, 1.54) is 11.3 Å². The lowest BCUT2D eigenvalue weighted by molar-refractivity contribution is -0.138. The highest BCUT2D eigenvalue weighted by atomic mass is 32.1. The standard InChI is InChI=1S/C27H33N3O4S/c31-19-20-9-15-30(16-10-20)26(32)21-11-13-29(14-12-21)17-18-33-22-5-7-23(8-6-22)34-27-28-24-3-1-2-4-25(24)35-27/h1-8,20-21,31H,9-19H2. The highest BCUT2D eigenvalue weighted by Gasteiger charge is 2.30. The van der Waals surface area contributed by atoms with Crippen LogP contribution in [0.5, 0.6) is 16.7 Å². The van der Waals surface area contributed by atoms with Gasteiger partial charge in [0.05, 0.1) is 10.2 Å². The molecule has 1 N–H and O–H groups in total. The quantitative estimate of drug-likeness (QED) is 0.499. The van der Waals surface area contributed by atoms with Gasteiger partial charge in [-0.25, -0.2) is 4.98 Å². The van der Waals surface area contributed by atoms with Gasteiger partial charge in [-0.15, -0.1) is 0 Å². The highest BCUT2D eigenvalue weighted by molar-refractivity contribution is 7.20. The van der Waals surface area contributed by atoms with Crippen molar-refractivity contribution >= 4 is 27.5 Å². The van der Waals surface area contributed by atoms with Crippen molar-refractivity contribution in [2.45, 2.75) is 25.7 Å².